The lowest BCUT2D eigenvalue weighted by Crippen LogP contribution is -2.45. The zero-order chi connectivity index (χ0) is 6.10. The molecule has 2 fully saturated rings. The maximum Gasteiger partial charge on any atom is 0.00696 e. The monoisotopic (exact) mass is 125 g/mol. The van der Waals surface area contributed by atoms with Gasteiger partial charge in [-0.2, -0.15) is 0 Å². The molecule has 1 N–H and O–H groups in total. The topological polar surface area (TPSA) is 12.0 Å². The van der Waals surface area contributed by atoms with Crippen LogP contribution < -0.4 is 5.32 Å². The van der Waals surface area contributed by atoms with E-state index in [1.54, 1.807) is 0 Å². The van der Waals surface area contributed by atoms with Crippen LogP contribution in [0.4, 0.5) is 0 Å². The summed E-state index contributed by atoms with van der Waals surface area (Å²) in [6.45, 7) is 0. The Morgan fingerprint density at radius 1 is 0.778 bits per heavy atom. The molecule has 2 aliphatic rings. The van der Waals surface area contributed by atoms with Crippen LogP contribution in [-0.2, 0) is 0 Å². The summed E-state index contributed by atoms with van der Waals surface area (Å²) in [4.78, 5) is 0. The first-order chi connectivity index (χ1) is 4.45. The smallest absolute Gasteiger partial charge is 0.00696 e. The minimum atomic E-state index is 0.900. The fourth-order valence-electron chi connectivity index (χ4n) is 2.18. The Kier molecular flexibility index (Phi) is 1.46. The van der Waals surface area contributed by atoms with E-state index in [1.165, 1.54) is 38.5 Å². The number of fused-ring (bicyclic) bond motifs is 2. The molecule has 2 bridgehead atoms. The molecule has 0 radical (unpaired) electrons. The molecule has 0 atom stereocenters. The lowest BCUT2D eigenvalue weighted by Gasteiger charge is -2.35. The fourth-order valence-corrected chi connectivity index (χ4v) is 2.18. The predicted octanol–water partition coefficient (Wildman–Crippen LogP) is 1.68. The third kappa shape index (κ3) is 1.11. The highest BCUT2D eigenvalue weighted by Crippen LogP contribution is 2.24. The second-order valence-electron chi connectivity index (χ2n) is 3.42. The van der Waals surface area contributed by atoms with Crippen LogP contribution in [0.5, 0.6) is 0 Å². The largest absolute Gasteiger partial charge is 0.311 e. The highest BCUT2D eigenvalue weighted by molar-refractivity contribution is 4.84. The average molecular weight is 125 g/mol. The van der Waals surface area contributed by atoms with E-state index < -0.39 is 0 Å². The Bertz CT molecular complexity index is 80.7. The molecule has 0 aliphatic carbocycles. The van der Waals surface area contributed by atoms with Crippen LogP contribution in [0.15, 0.2) is 0 Å². The van der Waals surface area contributed by atoms with E-state index >= 15 is 0 Å². The predicted molar refractivity (Wildman–Crippen MR) is 38.4 cm³/mol. The molecule has 0 aromatic heterocycles. The third-order valence-electron chi connectivity index (χ3n) is 2.68. The molecule has 2 heterocycles. The summed E-state index contributed by atoms with van der Waals surface area (Å²) >= 11 is 0. The maximum atomic E-state index is 3.65. The summed E-state index contributed by atoms with van der Waals surface area (Å²) < 4.78 is 0. The van der Waals surface area contributed by atoms with Crippen molar-refractivity contribution in [2.24, 2.45) is 0 Å². The molecule has 0 aromatic rings. The Balaban J connectivity index is 1.96. The average Bonchev–Trinajstić information content (AvgIpc) is 1.88. The molecule has 2 aliphatic heterocycles. The van der Waals surface area contributed by atoms with Gasteiger partial charge in [0.15, 0.2) is 0 Å². The maximum absolute atomic E-state index is 3.65. The number of hydrogen-bond donors (Lipinski definition) is 1. The van der Waals surface area contributed by atoms with Gasteiger partial charge < -0.3 is 5.32 Å². The van der Waals surface area contributed by atoms with Crippen LogP contribution >= 0.6 is 0 Å². The molecule has 2 saturated heterocycles. The molecule has 1 nitrogen and oxygen atoms in total. The van der Waals surface area contributed by atoms with Gasteiger partial charge in [0.05, 0.1) is 0 Å². The number of piperidine rings is 2. The minimum Gasteiger partial charge on any atom is -0.311 e. The molecular weight excluding hydrogens is 110 g/mol. The fraction of sp³-hybridized carbons (Fsp3) is 1.00. The van der Waals surface area contributed by atoms with E-state index in [0.717, 1.165) is 12.1 Å². The molecule has 0 aromatic carbocycles. The Hall–Kier alpha value is -0.0400. The van der Waals surface area contributed by atoms with E-state index in [2.05, 4.69) is 5.32 Å². The zero-order valence-corrected chi connectivity index (χ0v) is 5.90. The Morgan fingerprint density at radius 2 is 1.22 bits per heavy atom. The van der Waals surface area contributed by atoms with Gasteiger partial charge in [-0.15, -0.1) is 0 Å². The summed E-state index contributed by atoms with van der Waals surface area (Å²) in [6.07, 6.45) is 8.71. The van der Waals surface area contributed by atoms with E-state index in [9.17, 15) is 0 Å². The van der Waals surface area contributed by atoms with Crippen molar-refractivity contribution in [3.05, 3.63) is 0 Å². The minimum absolute atomic E-state index is 0.900. The first-order valence-electron chi connectivity index (χ1n) is 4.21. The van der Waals surface area contributed by atoms with E-state index in [1.807, 2.05) is 0 Å². The van der Waals surface area contributed by atoms with Crippen molar-refractivity contribution in [2.45, 2.75) is 50.6 Å². The first-order valence-corrected chi connectivity index (χ1v) is 4.21. The van der Waals surface area contributed by atoms with Crippen LogP contribution in [-0.4, -0.2) is 12.1 Å². The van der Waals surface area contributed by atoms with Crippen LogP contribution in [0.1, 0.15) is 38.5 Å². The second kappa shape index (κ2) is 2.30. The lowest BCUT2D eigenvalue weighted by molar-refractivity contribution is 0.243. The molecule has 0 spiro atoms. The van der Waals surface area contributed by atoms with Gasteiger partial charge >= 0.3 is 0 Å². The quantitative estimate of drug-likeness (QED) is 0.519. The number of nitrogens with one attached hydrogen (secondary N) is 1. The molecule has 0 unspecified atom stereocenters. The van der Waals surface area contributed by atoms with E-state index in [-0.39, 0.29) is 0 Å². The van der Waals surface area contributed by atoms with Crippen molar-refractivity contribution in [1.29, 1.82) is 0 Å². The Labute approximate surface area is 56.8 Å². The zero-order valence-electron chi connectivity index (χ0n) is 5.90. The van der Waals surface area contributed by atoms with Gasteiger partial charge in [-0.05, 0) is 25.7 Å². The van der Waals surface area contributed by atoms with Crippen LogP contribution in [0.25, 0.3) is 0 Å². The van der Waals surface area contributed by atoms with Crippen molar-refractivity contribution in [1.82, 2.24) is 5.32 Å². The number of hydrogen-bond acceptors (Lipinski definition) is 1. The van der Waals surface area contributed by atoms with Gasteiger partial charge in [-0.1, -0.05) is 12.8 Å². The SMILES string of the molecule is C1C[C@H]2CCC[C@@H](C1)N2. The van der Waals surface area contributed by atoms with Gasteiger partial charge in [0.1, 0.15) is 0 Å². The summed E-state index contributed by atoms with van der Waals surface area (Å²) in [5, 5.41) is 3.65. The molecule has 2 rings (SSSR count). The molecular formula is C8H15N. The van der Waals surface area contributed by atoms with Gasteiger partial charge in [-0.3, -0.25) is 0 Å². The summed E-state index contributed by atoms with van der Waals surface area (Å²) in [6, 6.07) is 1.80. The Morgan fingerprint density at radius 3 is 1.56 bits per heavy atom. The van der Waals surface area contributed by atoms with Crippen molar-refractivity contribution in [3.63, 3.8) is 0 Å². The van der Waals surface area contributed by atoms with Crippen molar-refractivity contribution < 1.29 is 0 Å². The summed E-state index contributed by atoms with van der Waals surface area (Å²) in [5.74, 6) is 0. The van der Waals surface area contributed by atoms with Crippen LogP contribution in [0.3, 0.4) is 0 Å². The highest BCUT2D eigenvalue weighted by atomic mass is 15.0. The second-order valence-corrected chi connectivity index (χ2v) is 3.42. The van der Waals surface area contributed by atoms with Gasteiger partial charge in [0.25, 0.3) is 0 Å². The normalized spacial score (nSPS) is 42.7. The molecule has 1 heteroatoms. The van der Waals surface area contributed by atoms with E-state index in [4.69, 9.17) is 0 Å². The van der Waals surface area contributed by atoms with Crippen molar-refractivity contribution in [2.75, 3.05) is 0 Å². The lowest BCUT2D eigenvalue weighted by atomic mass is 9.87. The summed E-state index contributed by atoms with van der Waals surface area (Å²) in [7, 11) is 0. The number of rotatable bonds is 0. The standard InChI is InChI=1S/C8H15N/c1-3-7-5-2-6-8(4-1)9-7/h7-9H,1-6H2/t7-,8+. The third-order valence-corrected chi connectivity index (χ3v) is 2.68. The van der Waals surface area contributed by atoms with Crippen LogP contribution in [0, 0.1) is 0 Å². The van der Waals surface area contributed by atoms with Crippen LogP contribution in [0.2, 0.25) is 0 Å². The van der Waals surface area contributed by atoms with Gasteiger partial charge in [0.2, 0.25) is 0 Å². The van der Waals surface area contributed by atoms with E-state index in [0.29, 0.717) is 0 Å². The van der Waals surface area contributed by atoms with Crippen molar-refractivity contribution in [3.8, 4) is 0 Å². The molecule has 9 heavy (non-hydrogen) atoms. The first kappa shape index (κ1) is 5.72. The van der Waals surface area contributed by atoms with Gasteiger partial charge in [-0.25, -0.2) is 0 Å². The van der Waals surface area contributed by atoms with Crippen molar-refractivity contribution >= 4 is 0 Å². The molecule has 0 amide bonds. The summed E-state index contributed by atoms with van der Waals surface area (Å²) in [5.41, 5.74) is 0. The highest BCUT2D eigenvalue weighted by Gasteiger charge is 2.24. The molecule has 52 valence electrons. The molecule has 0 saturated carbocycles. The van der Waals surface area contributed by atoms with Gasteiger partial charge in [0, 0.05) is 12.1 Å².